The number of hydrogen-bond acceptors (Lipinski definition) is 5. The standard InChI is InChI=1S/C19H19N5O4S/c1-2-10-3-5-11(6-4-10)21-19(28)24-17-15(16(20)25)22-14(23-17)9-12-7-8-13(29-12)18(26)27/h3-8H,2,9H2,1H3,(H2,20,25)(H,22,23)(H,26,27)(H2,21,24,28). The Bertz CT molecular complexity index is 1050. The highest BCUT2D eigenvalue weighted by Gasteiger charge is 2.18. The van der Waals surface area contributed by atoms with E-state index in [2.05, 4.69) is 20.6 Å². The van der Waals surface area contributed by atoms with Gasteiger partial charge in [0.2, 0.25) is 0 Å². The number of amides is 3. The first-order valence-electron chi connectivity index (χ1n) is 8.73. The summed E-state index contributed by atoms with van der Waals surface area (Å²) in [6.45, 7) is 2.04. The van der Waals surface area contributed by atoms with Gasteiger partial charge in [-0.25, -0.2) is 14.6 Å². The zero-order valence-corrected chi connectivity index (χ0v) is 16.3. The number of benzene rings is 1. The van der Waals surface area contributed by atoms with Crippen LogP contribution in [-0.2, 0) is 12.8 Å². The maximum Gasteiger partial charge on any atom is 0.345 e. The number of hydrogen-bond donors (Lipinski definition) is 5. The molecule has 29 heavy (non-hydrogen) atoms. The second kappa shape index (κ2) is 8.57. The zero-order chi connectivity index (χ0) is 21.0. The van der Waals surface area contributed by atoms with Gasteiger partial charge in [0.05, 0.1) is 0 Å². The van der Waals surface area contributed by atoms with Crippen LogP contribution in [0.15, 0.2) is 36.4 Å². The maximum absolute atomic E-state index is 12.3. The predicted octanol–water partition coefficient (Wildman–Crippen LogP) is 3.07. The Kier molecular flexibility index (Phi) is 5.93. The van der Waals surface area contributed by atoms with Crippen molar-refractivity contribution in [3.05, 3.63) is 63.2 Å². The van der Waals surface area contributed by atoms with Crippen LogP contribution in [0.5, 0.6) is 0 Å². The van der Waals surface area contributed by atoms with E-state index in [4.69, 9.17) is 10.8 Å². The number of carbonyl (C=O) groups excluding carboxylic acids is 2. The first kappa shape index (κ1) is 20.1. The van der Waals surface area contributed by atoms with Crippen molar-refractivity contribution in [3.8, 4) is 0 Å². The molecule has 3 rings (SSSR count). The van der Waals surface area contributed by atoms with Crippen molar-refractivity contribution < 1.29 is 19.5 Å². The van der Waals surface area contributed by atoms with E-state index in [0.29, 0.717) is 11.5 Å². The van der Waals surface area contributed by atoms with E-state index in [0.717, 1.165) is 28.2 Å². The number of rotatable bonds is 7. The first-order valence-corrected chi connectivity index (χ1v) is 9.55. The van der Waals surface area contributed by atoms with Crippen LogP contribution in [0.3, 0.4) is 0 Å². The van der Waals surface area contributed by atoms with E-state index in [9.17, 15) is 14.4 Å². The molecule has 2 heterocycles. The number of nitrogens with zero attached hydrogens (tertiary/aromatic N) is 1. The lowest BCUT2D eigenvalue weighted by Crippen LogP contribution is -2.22. The molecule has 0 aliphatic rings. The highest BCUT2D eigenvalue weighted by Crippen LogP contribution is 2.21. The third-order valence-electron chi connectivity index (χ3n) is 4.06. The summed E-state index contributed by atoms with van der Waals surface area (Å²) >= 11 is 1.10. The average molecular weight is 413 g/mol. The van der Waals surface area contributed by atoms with E-state index in [1.54, 1.807) is 18.2 Å². The SMILES string of the molecule is CCc1ccc(NC(=O)Nc2[nH]c(Cc3ccc(C(=O)O)s3)nc2C(N)=O)cc1. The number of nitrogens with two attached hydrogens (primary N) is 1. The van der Waals surface area contributed by atoms with E-state index in [1.165, 1.54) is 6.07 Å². The van der Waals surface area contributed by atoms with Gasteiger partial charge in [-0.05, 0) is 36.2 Å². The molecule has 0 aliphatic carbocycles. The van der Waals surface area contributed by atoms with Crippen LogP contribution < -0.4 is 16.4 Å². The molecule has 0 bridgehead atoms. The Hall–Kier alpha value is -3.66. The number of urea groups is 1. The molecule has 10 heteroatoms. The lowest BCUT2D eigenvalue weighted by molar-refractivity contribution is 0.0702. The Morgan fingerprint density at radius 3 is 2.45 bits per heavy atom. The molecule has 2 aromatic heterocycles. The smallest absolute Gasteiger partial charge is 0.345 e. The van der Waals surface area contributed by atoms with Gasteiger partial charge in [-0.15, -0.1) is 11.3 Å². The van der Waals surface area contributed by atoms with Gasteiger partial charge in [-0.2, -0.15) is 0 Å². The van der Waals surface area contributed by atoms with Crippen LogP contribution in [0.25, 0.3) is 0 Å². The van der Waals surface area contributed by atoms with Crippen LogP contribution in [-0.4, -0.2) is 33.0 Å². The Balaban J connectivity index is 1.72. The van der Waals surface area contributed by atoms with E-state index >= 15 is 0 Å². The maximum atomic E-state index is 12.3. The molecule has 0 spiro atoms. The van der Waals surface area contributed by atoms with Crippen molar-refractivity contribution in [2.45, 2.75) is 19.8 Å². The van der Waals surface area contributed by atoms with Crippen molar-refractivity contribution >= 4 is 40.7 Å². The van der Waals surface area contributed by atoms with E-state index in [-0.39, 0.29) is 22.8 Å². The molecular weight excluding hydrogens is 394 g/mol. The molecule has 150 valence electrons. The molecule has 0 saturated carbocycles. The molecule has 0 atom stereocenters. The first-order chi connectivity index (χ1) is 13.9. The number of nitrogens with one attached hydrogen (secondary N) is 3. The van der Waals surface area contributed by atoms with Gasteiger partial charge in [-0.1, -0.05) is 19.1 Å². The lowest BCUT2D eigenvalue weighted by atomic mass is 10.1. The monoisotopic (exact) mass is 413 g/mol. The number of imidazole rings is 1. The minimum absolute atomic E-state index is 0.0743. The zero-order valence-electron chi connectivity index (χ0n) is 15.5. The third-order valence-corrected chi connectivity index (χ3v) is 5.13. The van der Waals surface area contributed by atoms with Crippen LogP contribution in [0.2, 0.25) is 0 Å². The third kappa shape index (κ3) is 4.99. The summed E-state index contributed by atoms with van der Waals surface area (Å²) in [5.74, 6) is -1.36. The fourth-order valence-electron chi connectivity index (χ4n) is 2.63. The average Bonchev–Trinajstić information content (AvgIpc) is 3.30. The number of anilines is 2. The van der Waals surface area contributed by atoms with Gasteiger partial charge in [-0.3, -0.25) is 10.1 Å². The summed E-state index contributed by atoms with van der Waals surface area (Å²) in [6, 6.07) is 9.98. The number of primary amides is 1. The number of H-pyrrole nitrogens is 1. The molecule has 9 nitrogen and oxygen atoms in total. The summed E-state index contributed by atoms with van der Waals surface area (Å²) < 4.78 is 0. The van der Waals surface area contributed by atoms with Crippen molar-refractivity contribution in [2.75, 3.05) is 10.6 Å². The number of thiophene rings is 1. The number of carboxylic acid groups (broad SMARTS) is 1. The number of aromatic nitrogens is 2. The highest BCUT2D eigenvalue weighted by molar-refractivity contribution is 7.13. The van der Waals surface area contributed by atoms with Gasteiger partial charge in [0.15, 0.2) is 5.69 Å². The number of aromatic amines is 1. The minimum atomic E-state index is -1.01. The summed E-state index contributed by atoms with van der Waals surface area (Å²) in [5.41, 5.74) is 6.99. The molecule has 0 fully saturated rings. The largest absolute Gasteiger partial charge is 0.477 e. The summed E-state index contributed by atoms with van der Waals surface area (Å²) in [4.78, 5) is 42.9. The molecule has 3 aromatic rings. The molecule has 0 radical (unpaired) electrons. The fourth-order valence-corrected chi connectivity index (χ4v) is 3.48. The van der Waals surface area contributed by atoms with Gasteiger partial charge in [0.25, 0.3) is 5.91 Å². The fraction of sp³-hybridized carbons (Fsp3) is 0.158. The molecule has 0 saturated heterocycles. The van der Waals surface area contributed by atoms with Crippen molar-refractivity contribution in [2.24, 2.45) is 5.73 Å². The number of aromatic carboxylic acids is 1. The van der Waals surface area contributed by atoms with Gasteiger partial charge in [0, 0.05) is 17.0 Å². The number of carboxylic acids is 1. The predicted molar refractivity (Wildman–Crippen MR) is 110 cm³/mol. The Morgan fingerprint density at radius 1 is 1.14 bits per heavy atom. The van der Waals surface area contributed by atoms with Crippen LogP contribution >= 0.6 is 11.3 Å². The van der Waals surface area contributed by atoms with Crippen molar-refractivity contribution in [3.63, 3.8) is 0 Å². The highest BCUT2D eigenvalue weighted by atomic mass is 32.1. The molecule has 0 unspecified atom stereocenters. The quantitative estimate of drug-likeness (QED) is 0.403. The Labute approximate surface area is 170 Å². The molecule has 6 N–H and O–H groups in total. The topological polar surface area (TPSA) is 150 Å². The van der Waals surface area contributed by atoms with Crippen molar-refractivity contribution in [1.82, 2.24) is 9.97 Å². The lowest BCUT2D eigenvalue weighted by Gasteiger charge is -2.07. The molecular formula is C19H19N5O4S. The van der Waals surface area contributed by atoms with Gasteiger partial charge >= 0.3 is 12.0 Å². The summed E-state index contributed by atoms with van der Waals surface area (Å²) in [6.07, 6.45) is 1.16. The second-order valence-corrected chi connectivity index (χ2v) is 7.32. The van der Waals surface area contributed by atoms with Crippen LogP contribution in [0, 0.1) is 0 Å². The summed E-state index contributed by atoms with van der Waals surface area (Å²) in [5, 5.41) is 14.2. The van der Waals surface area contributed by atoms with Gasteiger partial charge < -0.3 is 21.1 Å². The minimum Gasteiger partial charge on any atom is -0.477 e. The van der Waals surface area contributed by atoms with Crippen molar-refractivity contribution in [1.29, 1.82) is 0 Å². The van der Waals surface area contributed by atoms with E-state index < -0.39 is 17.9 Å². The molecule has 1 aromatic carbocycles. The second-order valence-electron chi connectivity index (χ2n) is 6.15. The summed E-state index contributed by atoms with van der Waals surface area (Å²) in [7, 11) is 0. The van der Waals surface area contributed by atoms with Gasteiger partial charge in [0.1, 0.15) is 16.5 Å². The normalized spacial score (nSPS) is 10.5. The molecule has 3 amide bonds. The molecule has 0 aliphatic heterocycles. The number of carbonyl (C=O) groups is 3. The van der Waals surface area contributed by atoms with Crippen LogP contribution in [0.1, 0.15) is 43.3 Å². The Morgan fingerprint density at radius 2 is 1.86 bits per heavy atom. The number of aryl methyl sites for hydroxylation is 1. The van der Waals surface area contributed by atoms with Crippen LogP contribution in [0.4, 0.5) is 16.3 Å². The van der Waals surface area contributed by atoms with E-state index in [1.807, 2.05) is 19.1 Å².